The van der Waals surface area contributed by atoms with E-state index in [9.17, 15) is 4.79 Å². The lowest BCUT2D eigenvalue weighted by molar-refractivity contribution is 0.0774. The number of nitrogens with two attached hydrogens (primary N) is 1. The van der Waals surface area contributed by atoms with Crippen molar-refractivity contribution < 1.29 is 4.79 Å². The number of carbonyl (C=O) groups is 1. The first-order valence-electron chi connectivity index (χ1n) is 6.82. The number of aryl methyl sites for hydroxylation is 1. The molecule has 0 radical (unpaired) electrons. The highest BCUT2D eigenvalue weighted by Crippen LogP contribution is 2.35. The van der Waals surface area contributed by atoms with Crippen molar-refractivity contribution in [2.75, 3.05) is 30.3 Å². The lowest BCUT2D eigenvalue weighted by Gasteiger charge is -2.19. The summed E-state index contributed by atoms with van der Waals surface area (Å²) in [6.45, 7) is 3.72. The Morgan fingerprint density at radius 3 is 3.00 bits per heavy atom. The molecular weight excluding hydrogens is 288 g/mol. The second-order valence-corrected chi connectivity index (χ2v) is 7.38. The van der Waals surface area contributed by atoms with E-state index in [-0.39, 0.29) is 5.91 Å². The van der Waals surface area contributed by atoms with Crippen LogP contribution >= 0.6 is 23.1 Å². The van der Waals surface area contributed by atoms with Gasteiger partial charge in [0.05, 0.1) is 5.69 Å². The molecule has 2 N–H and O–H groups in total. The summed E-state index contributed by atoms with van der Waals surface area (Å²) >= 11 is 3.44. The highest BCUT2D eigenvalue weighted by molar-refractivity contribution is 7.99. The van der Waals surface area contributed by atoms with Crippen LogP contribution in [0.5, 0.6) is 0 Å². The summed E-state index contributed by atoms with van der Waals surface area (Å²) in [5.74, 6) is 2.27. The van der Waals surface area contributed by atoms with E-state index >= 15 is 0 Å². The quantitative estimate of drug-likeness (QED) is 0.878. The Labute approximate surface area is 127 Å². The zero-order valence-corrected chi connectivity index (χ0v) is 13.1. The number of nitrogens with zero attached hydrogens (tertiary/aromatic N) is 1. The number of anilines is 1. The molecule has 1 fully saturated rings. The fraction of sp³-hybridized carbons (Fsp3) is 0.400. The third-order valence-electron chi connectivity index (χ3n) is 3.59. The normalized spacial score (nSPS) is 16.4. The van der Waals surface area contributed by atoms with E-state index in [4.69, 9.17) is 5.73 Å². The Balaban J connectivity index is 1.96. The van der Waals surface area contributed by atoms with Crippen molar-refractivity contribution in [1.29, 1.82) is 0 Å². The molecule has 0 spiro atoms. The van der Waals surface area contributed by atoms with Crippen molar-refractivity contribution in [3.8, 4) is 0 Å². The van der Waals surface area contributed by atoms with Crippen LogP contribution in [-0.2, 0) is 0 Å². The summed E-state index contributed by atoms with van der Waals surface area (Å²) in [4.78, 5) is 15.3. The topological polar surface area (TPSA) is 46.3 Å². The van der Waals surface area contributed by atoms with Gasteiger partial charge in [-0.15, -0.1) is 11.3 Å². The minimum Gasteiger partial charge on any atom is -0.397 e. The number of thioether (sulfide) groups is 1. The minimum absolute atomic E-state index is 0.101. The van der Waals surface area contributed by atoms with Gasteiger partial charge < -0.3 is 10.6 Å². The molecule has 1 aromatic heterocycles. The van der Waals surface area contributed by atoms with Crippen molar-refractivity contribution >= 4 is 44.8 Å². The molecular formula is C15H18N2OS2. The Bertz CT molecular complexity index is 643. The first kappa shape index (κ1) is 13.8. The maximum absolute atomic E-state index is 12.7. The van der Waals surface area contributed by atoms with Crippen molar-refractivity contribution in [3.63, 3.8) is 0 Å². The molecule has 5 heteroatoms. The Hall–Kier alpha value is -1.20. The van der Waals surface area contributed by atoms with Crippen molar-refractivity contribution in [2.24, 2.45) is 0 Å². The van der Waals surface area contributed by atoms with E-state index in [0.717, 1.165) is 41.1 Å². The highest BCUT2D eigenvalue weighted by Gasteiger charge is 2.22. The molecule has 1 aromatic carbocycles. The fourth-order valence-corrected chi connectivity index (χ4v) is 4.44. The van der Waals surface area contributed by atoms with E-state index in [1.54, 1.807) is 0 Å². The van der Waals surface area contributed by atoms with Crippen molar-refractivity contribution in [3.05, 3.63) is 28.6 Å². The molecule has 20 heavy (non-hydrogen) atoms. The summed E-state index contributed by atoms with van der Waals surface area (Å²) in [6, 6.07) is 6.19. The average Bonchev–Trinajstić information content (AvgIpc) is 2.66. The second-order valence-electron chi connectivity index (χ2n) is 5.10. The van der Waals surface area contributed by atoms with Crippen LogP contribution in [0.15, 0.2) is 18.2 Å². The van der Waals surface area contributed by atoms with Crippen molar-refractivity contribution in [2.45, 2.75) is 13.3 Å². The van der Waals surface area contributed by atoms with E-state index in [1.165, 1.54) is 16.9 Å². The lowest BCUT2D eigenvalue weighted by atomic mass is 10.1. The molecule has 3 rings (SSSR count). The molecule has 0 saturated carbocycles. The molecule has 1 aliphatic heterocycles. The van der Waals surface area contributed by atoms with E-state index < -0.39 is 0 Å². The molecule has 3 nitrogen and oxygen atoms in total. The number of fused-ring (bicyclic) bond motifs is 1. The summed E-state index contributed by atoms with van der Waals surface area (Å²) in [6.07, 6.45) is 1.07. The van der Waals surface area contributed by atoms with Gasteiger partial charge in [-0.1, -0.05) is 11.6 Å². The van der Waals surface area contributed by atoms with Crippen LogP contribution in [0.3, 0.4) is 0 Å². The highest BCUT2D eigenvalue weighted by atomic mass is 32.2. The molecule has 106 valence electrons. The predicted octanol–water partition coefficient (Wildman–Crippen LogP) is 3.37. The van der Waals surface area contributed by atoms with Gasteiger partial charge in [0.2, 0.25) is 0 Å². The molecule has 2 heterocycles. The van der Waals surface area contributed by atoms with Crippen molar-refractivity contribution in [1.82, 2.24) is 4.90 Å². The zero-order valence-electron chi connectivity index (χ0n) is 11.5. The molecule has 0 aliphatic carbocycles. The van der Waals surface area contributed by atoms with Gasteiger partial charge >= 0.3 is 0 Å². The van der Waals surface area contributed by atoms with Gasteiger partial charge in [0.15, 0.2) is 0 Å². The summed E-state index contributed by atoms with van der Waals surface area (Å²) in [5.41, 5.74) is 8.03. The van der Waals surface area contributed by atoms with Gasteiger partial charge in [0.25, 0.3) is 5.91 Å². The van der Waals surface area contributed by atoms with Crippen LogP contribution in [0.25, 0.3) is 10.1 Å². The first-order chi connectivity index (χ1) is 9.66. The number of hydrogen-bond donors (Lipinski definition) is 1. The summed E-state index contributed by atoms with van der Waals surface area (Å²) in [5, 5.41) is 1.02. The molecule has 1 saturated heterocycles. The predicted molar refractivity (Wildman–Crippen MR) is 88.8 cm³/mol. The minimum atomic E-state index is 0.101. The smallest absolute Gasteiger partial charge is 0.266 e. The molecule has 0 atom stereocenters. The van der Waals surface area contributed by atoms with Crippen LogP contribution in [-0.4, -0.2) is 35.4 Å². The number of amides is 1. The summed E-state index contributed by atoms with van der Waals surface area (Å²) in [7, 11) is 0. The van der Waals surface area contributed by atoms with Gasteiger partial charge in [0.1, 0.15) is 4.88 Å². The largest absolute Gasteiger partial charge is 0.397 e. The number of carbonyl (C=O) groups excluding carboxylic acids is 1. The third kappa shape index (κ3) is 2.52. The van der Waals surface area contributed by atoms with E-state index in [0.29, 0.717) is 10.6 Å². The maximum atomic E-state index is 12.7. The van der Waals surface area contributed by atoms with Gasteiger partial charge in [-0.2, -0.15) is 11.8 Å². The number of thiophene rings is 1. The lowest BCUT2D eigenvalue weighted by Crippen LogP contribution is -2.32. The van der Waals surface area contributed by atoms with Crippen LogP contribution in [0.2, 0.25) is 0 Å². The van der Waals surface area contributed by atoms with Gasteiger partial charge in [-0.3, -0.25) is 4.79 Å². The Morgan fingerprint density at radius 1 is 1.30 bits per heavy atom. The molecule has 1 aliphatic rings. The SMILES string of the molecule is Cc1ccc2sc(C(=O)N3CCCSCC3)c(N)c2c1. The van der Waals surface area contributed by atoms with Gasteiger partial charge in [-0.25, -0.2) is 0 Å². The number of rotatable bonds is 1. The van der Waals surface area contributed by atoms with Crippen LogP contribution < -0.4 is 5.73 Å². The zero-order chi connectivity index (χ0) is 14.1. The first-order valence-corrected chi connectivity index (χ1v) is 8.79. The number of hydrogen-bond acceptors (Lipinski definition) is 4. The fourth-order valence-electron chi connectivity index (χ4n) is 2.48. The van der Waals surface area contributed by atoms with E-state index in [2.05, 4.69) is 18.2 Å². The molecule has 0 bridgehead atoms. The Kier molecular flexibility index (Phi) is 3.89. The standard InChI is InChI=1S/C15H18N2OS2/c1-10-3-4-12-11(9-10)13(16)14(20-12)15(18)17-5-2-7-19-8-6-17/h3-4,9H,2,5-8,16H2,1H3. The van der Waals surface area contributed by atoms with Crippen LogP contribution in [0, 0.1) is 6.92 Å². The monoisotopic (exact) mass is 306 g/mol. The van der Waals surface area contributed by atoms with Gasteiger partial charge in [0, 0.05) is 28.9 Å². The Morgan fingerprint density at radius 2 is 2.15 bits per heavy atom. The van der Waals surface area contributed by atoms with E-state index in [1.807, 2.05) is 23.6 Å². The average molecular weight is 306 g/mol. The molecule has 0 unspecified atom stereocenters. The molecule has 1 amide bonds. The second kappa shape index (κ2) is 5.66. The summed E-state index contributed by atoms with van der Waals surface area (Å²) < 4.78 is 1.10. The number of nitrogen functional groups attached to an aromatic ring is 1. The molecule has 2 aromatic rings. The number of benzene rings is 1. The maximum Gasteiger partial charge on any atom is 0.266 e. The third-order valence-corrected chi connectivity index (χ3v) is 5.81. The van der Waals surface area contributed by atoms with Crippen LogP contribution in [0.1, 0.15) is 21.7 Å². The van der Waals surface area contributed by atoms with Crippen LogP contribution in [0.4, 0.5) is 5.69 Å². The van der Waals surface area contributed by atoms with Gasteiger partial charge in [-0.05, 0) is 31.2 Å².